The monoisotopic (exact) mass is 423 g/mol. The standard InChI is InChI=1S/C22H25F4N3O/c23-17-8-6-16(7-9-17)13-29-19-14-28(20(30)12-15-4-2-1-3-5-15)11-10-18(19)21(27-29)22(24,25)26/h6-9,15H,1-5,10-14H2. The first-order chi connectivity index (χ1) is 14.3. The molecule has 1 amide bonds. The molecule has 1 aliphatic heterocycles. The van der Waals surface area contributed by atoms with Gasteiger partial charge >= 0.3 is 6.18 Å². The maximum Gasteiger partial charge on any atom is 0.435 e. The Labute approximate surface area is 172 Å². The average Bonchev–Trinajstić information content (AvgIpc) is 3.08. The minimum Gasteiger partial charge on any atom is -0.336 e. The fourth-order valence-electron chi connectivity index (χ4n) is 4.58. The Hall–Kier alpha value is -2.38. The van der Waals surface area contributed by atoms with Crippen molar-refractivity contribution >= 4 is 5.91 Å². The van der Waals surface area contributed by atoms with E-state index < -0.39 is 17.7 Å². The fourth-order valence-corrected chi connectivity index (χ4v) is 4.58. The molecule has 1 aromatic carbocycles. The molecule has 8 heteroatoms. The molecule has 2 aliphatic rings. The third-order valence-corrected chi connectivity index (χ3v) is 6.19. The topological polar surface area (TPSA) is 38.1 Å². The summed E-state index contributed by atoms with van der Waals surface area (Å²) in [4.78, 5) is 14.5. The number of carbonyl (C=O) groups excluding carboxylic acids is 1. The molecule has 1 aliphatic carbocycles. The summed E-state index contributed by atoms with van der Waals surface area (Å²) in [6.07, 6.45) is 1.64. The molecule has 0 bridgehead atoms. The predicted octanol–water partition coefficient (Wildman–Crippen LogP) is 4.94. The molecule has 1 saturated carbocycles. The SMILES string of the molecule is O=C(CC1CCCCC1)N1CCc2c(C(F)(F)F)nn(Cc3ccc(F)cc3)c2C1. The molecule has 0 unspecified atom stereocenters. The Bertz CT molecular complexity index is 898. The molecule has 2 aromatic rings. The normalized spacial score (nSPS) is 17.8. The maximum absolute atomic E-state index is 13.5. The summed E-state index contributed by atoms with van der Waals surface area (Å²) in [5.74, 6) is -0.0186. The van der Waals surface area contributed by atoms with Crippen LogP contribution in [0, 0.1) is 11.7 Å². The largest absolute Gasteiger partial charge is 0.435 e. The number of hydrogen-bond acceptors (Lipinski definition) is 2. The van der Waals surface area contributed by atoms with Crippen molar-refractivity contribution in [1.29, 1.82) is 0 Å². The maximum atomic E-state index is 13.5. The van der Waals surface area contributed by atoms with Crippen LogP contribution in [0.5, 0.6) is 0 Å². The van der Waals surface area contributed by atoms with Gasteiger partial charge < -0.3 is 4.90 Å². The molecule has 2 heterocycles. The molecule has 1 aromatic heterocycles. The van der Waals surface area contributed by atoms with Crippen LogP contribution < -0.4 is 0 Å². The number of carbonyl (C=O) groups is 1. The molecular weight excluding hydrogens is 398 g/mol. The average molecular weight is 423 g/mol. The number of nitrogens with zero attached hydrogens (tertiary/aromatic N) is 3. The van der Waals surface area contributed by atoms with Gasteiger partial charge in [-0.05, 0) is 42.9 Å². The van der Waals surface area contributed by atoms with Gasteiger partial charge in [-0.25, -0.2) is 4.39 Å². The molecule has 0 saturated heterocycles. The molecule has 30 heavy (non-hydrogen) atoms. The van der Waals surface area contributed by atoms with E-state index in [0.29, 0.717) is 23.6 Å². The van der Waals surface area contributed by atoms with E-state index in [1.807, 2.05) is 0 Å². The molecule has 0 N–H and O–H groups in total. The van der Waals surface area contributed by atoms with Gasteiger partial charge in [-0.1, -0.05) is 31.4 Å². The second-order valence-electron chi connectivity index (χ2n) is 8.33. The molecule has 4 rings (SSSR count). The second-order valence-corrected chi connectivity index (χ2v) is 8.33. The number of alkyl halides is 3. The predicted molar refractivity (Wildman–Crippen MR) is 103 cm³/mol. The lowest BCUT2D eigenvalue weighted by Crippen LogP contribution is -2.38. The summed E-state index contributed by atoms with van der Waals surface area (Å²) in [6.45, 7) is 0.512. The Morgan fingerprint density at radius 3 is 2.47 bits per heavy atom. The minimum absolute atomic E-state index is 0.00985. The van der Waals surface area contributed by atoms with Crippen LogP contribution in [0.4, 0.5) is 17.6 Å². The number of amides is 1. The van der Waals surface area contributed by atoms with Gasteiger partial charge in [0.25, 0.3) is 0 Å². The molecule has 162 valence electrons. The van der Waals surface area contributed by atoms with Gasteiger partial charge in [-0.2, -0.15) is 18.3 Å². The lowest BCUT2D eigenvalue weighted by atomic mass is 9.86. The molecule has 0 spiro atoms. The van der Waals surface area contributed by atoms with Gasteiger partial charge in [0.2, 0.25) is 5.91 Å². The summed E-state index contributed by atoms with van der Waals surface area (Å²) >= 11 is 0. The molecule has 0 atom stereocenters. The lowest BCUT2D eigenvalue weighted by Gasteiger charge is -2.30. The Morgan fingerprint density at radius 1 is 1.10 bits per heavy atom. The van der Waals surface area contributed by atoms with Gasteiger partial charge in [-0.3, -0.25) is 9.48 Å². The smallest absolute Gasteiger partial charge is 0.336 e. The van der Waals surface area contributed by atoms with Crippen LogP contribution in [0.2, 0.25) is 0 Å². The highest BCUT2D eigenvalue weighted by Gasteiger charge is 2.41. The van der Waals surface area contributed by atoms with Gasteiger partial charge in [0.15, 0.2) is 5.69 Å². The van der Waals surface area contributed by atoms with E-state index in [2.05, 4.69) is 5.10 Å². The van der Waals surface area contributed by atoms with E-state index in [1.54, 1.807) is 4.90 Å². The van der Waals surface area contributed by atoms with Crippen LogP contribution in [0.15, 0.2) is 24.3 Å². The summed E-state index contributed by atoms with van der Waals surface area (Å²) < 4.78 is 55.1. The second kappa shape index (κ2) is 8.40. The van der Waals surface area contributed by atoms with Gasteiger partial charge in [0, 0.05) is 18.5 Å². The van der Waals surface area contributed by atoms with Crippen LogP contribution in [0.1, 0.15) is 61.0 Å². The first kappa shape index (κ1) is 20.9. The van der Waals surface area contributed by atoms with Gasteiger partial charge in [-0.15, -0.1) is 0 Å². The van der Waals surface area contributed by atoms with Crippen LogP contribution >= 0.6 is 0 Å². The quantitative estimate of drug-likeness (QED) is 0.653. The van der Waals surface area contributed by atoms with E-state index in [9.17, 15) is 22.4 Å². The first-order valence-corrected chi connectivity index (χ1v) is 10.5. The zero-order valence-corrected chi connectivity index (χ0v) is 16.7. The number of benzene rings is 1. The van der Waals surface area contributed by atoms with E-state index in [4.69, 9.17) is 0 Å². The van der Waals surface area contributed by atoms with Crippen molar-refractivity contribution < 1.29 is 22.4 Å². The van der Waals surface area contributed by atoms with Crippen LogP contribution in [-0.4, -0.2) is 27.1 Å². The van der Waals surface area contributed by atoms with Crippen molar-refractivity contribution in [1.82, 2.24) is 14.7 Å². The summed E-state index contributed by atoms with van der Waals surface area (Å²) in [5.41, 5.74) is 0.376. The number of aromatic nitrogens is 2. The third-order valence-electron chi connectivity index (χ3n) is 6.19. The van der Waals surface area contributed by atoms with Gasteiger partial charge in [0.1, 0.15) is 5.82 Å². The third kappa shape index (κ3) is 4.52. The van der Waals surface area contributed by atoms with E-state index in [-0.39, 0.29) is 37.5 Å². The van der Waals surface area contributed by atoms with Crippen LogP contribution in [0.3, 0.4) is 0 Å². The zero-order chi connectivity index (χ0) is 21.3. The highest BCUT2D eigenvalue weighted by Crippen LogP contribution is 2.36. The zero-order valence-electron chi connectivity index (χ0n) is 16.7. The Morgan fingerprint density at radius 2 is 1.80 bits per heavy atom. The van der Waals surface area contributed by atoms with Crippen molar-refractivity contribution in [3.05, 3.63) is 52.6 Å². The summed E-state index contributed by atoms with van der Waals surface area (Å²) in [7, 11) is 0. The summed E-state index contributed by atoms with van der Waals surface area (Å²) in [6, 6.07) is 5.61. The molecule has 0 radical (unpaired) electrons. The minimum atomic E-state index is -4.55. The highest BCUT2D eigenvalue weighted by atomic mass is 19.4. The molecule has 1 fully saturated rings. The van der Waals surface area contributed by atoms with Crippen LogP contribution in [-0.2, 0) is 30.5 Å². The fraction of sp³-hybridized carbons (Fsp3) is 0.545. The first-order valence-electron chi connectivity index (χ1n) is 10.5. The number of rotatable bonds is 4. The number of fused-ring (bicyclic) bond motifs is 1. The van der Waals surface area contributed by atoms with Crippen molar-refractivity contribution in [3.8, 4) is 0 Å². The van der Waals surface area contributed by atoms with E-state index in [1.165, 1.54) is 35.4 Å². The Balaban J connectivity index is 1.56. The van der Waals surface area contributed by atoms with Gasteiger partial charge in [0.05, 0.1) is 18.8 Å². The number of halogens is 4. The molecular formula is C22H25F4N3O. The highest BCUT2D eigenvalue weighted by molar-refractivity contribution is 5.76. The van der Waals surface area contributed by atoms with Crippen molar-refractivity contribution in [3.63, 3.8) is 0 Å². The number of hydrogen-bond donors (Lipinski definition) is 0. The van der Waals surface area contributed by atoms with Crippen molar-refractivity contribution in [2.75, 3.05) is 6.54 Å². The van der Waals surface area contributed by atoms with Crippen LogP contribution in [0.25, 0.3) is 0 Å². The van der Waals surface area contributed by atoms with E-state index >= 15 is 0 Å². The van der Waals surface area contributed by atoms with Crippen molar-refractivity contribution in [2.45, 2.75) is 64.2 Å². The van der Waals surface area contributed by atoms with Crippen molar-refractivity contribution in [2.24, 2.45) is 5.92 Å². The summed E-state index contributed by atoms with van der Waals surface area (Å²) in [5, 5.41) is 3.85. The lowest BCUT2D eigenvalue weighted by molar-refractivity contribution is -0.142. The molecule has 4 nitrogen and oxygen atoms in total. The van der Waals surface area contributed by atoms with E-state index in [0.717, 1.165) is 25.7 Å². The Kier molecular flexibility index (Phi) is 5.84.